The Balaban J connectivity index is 1.48. The van der Waals surface area contributed by atoms with Crippen molar-refractivity contribution in [3.8, 4) is 5.75 Å². The van der Waals surface area contributed by atoms with Crippen molar-refractivity contribution in [3.63, 3.8) is 0 Å². The third-order valence-corrected chi connectivity index (χ3v) is 7.15. The van der Waals surface area contributed by atoms with E-state index in [1.165, 1.54) is 38.2 Å². The Labute approximate surface area is 174 Å². The van der Waals surface area contributed by atoms with Crippen molar-refractivity contribution >= 4 is 22.7 Å². The SMILES string of the molecule is CC1(C)CC(COc2cc(F)c3c(=O)[nH]c(CSC4CCCCC4)nc3c2)CO1. The topological polar surface area (TPSA) is 64.2 Å². The van der Waals surface area contributed by atoms with Gasteiger partial charge in [-0.3, -0.25) is 4.79 Å². The second-order valence-electron chi connectivity index (χ2n) is 8.83. The molecule has 1 aliphatic carbocycles. The fourth-order valence-electron chi connectivity index (χ4n) is 4.31. The molecule has 2 fully saturated rings. The number of halogens is 1. The molecule has 0 amide bonds. The number of nitrogens with zero attached hydrogens (tertiary/aromatic N) is 1. The van der Waals surface area contributed by atoms with Gasteiger partial charge in [-0.2, -0.15) is 11.8 Å². The van der Waals surface area contributed by atoms with Crippen molar-refractivity contribution in [1.29, 1.82) is 0 Å². The van der Waals surface area contributed by atoms with Gasteiger partial charge in [0.1, 0.15) is 22.8 Å². The monoisotopic (exact) mass is 420 g/mol. The molecule has 7 heteroatoms. The highest BCUT2D eigenvalue weighted by Gasteiger charge is 2.32. The van der Waals surface area contributed by atoms with Gasteiger partial charge in [-0.05, 0) is 33.1 Å². The third-order valence-electron chi connectivity index (χ3n) is 5.77. The average molecular weight is 421 g/mol. The fourth-order valence-corrected chi connectivity index (χ4v) is 5.50. The van der Waals surface area contributed by atoms with Crippen LogP contribution in [0.4, 0.5) is 4.39 Å². The van der Waals surface area contributed by atoms with Gasteiger partial charge >= 0.3 is 0 Å². The number of aromatic amines is 1. The van der Waals surface area contributed by atoms with E-state index >= 15 is 0 Å². The molecule has 0 bridgehead atoms. The number of ether oxygens (including phenoxy) is 2. The van der Waals surface area contributed by atoms with Crippen LogP contribution in [0.3, 0.4) is 0 Å². The number of fused-ring (bicyclic) bond motifs is 1. The molecule has 1 aromatic carbocycles. The summed E-state index contributed by atoms with van der Waals surface area (Å²) in [6.07, 6.45) is 7.20. The lowest BCUT2D eigenvalue weighted by molar-refractivity contribution is 0.0341. The molecule has 0 radical (unpaired) electrons. The van der Waals surface area contributed by atoms with Gasteiger partial charge in [0.2, 0.25) is 0 Å². The molecule has 2 aromatic rings. The van der Waals surface area contributed by atoms with Crippen LogP contribution in [0, 0.1) is 11.7 Å². The highest BCUT2D eigenvalue weighted by atomic mass is 32.2. The van der Waals surface area contributed by atoms with Crippen LogP contribution in [-0.4, -0.2) is 34.0 Å². The Bertz CT molecular complexity index is 924. The molecular weight excluding hydrogens is 391 g/mol. The molecule has 158 valence electrons. The van der Waals surface area contributed by atoms with Gasteiger partial charge in [0, 0.05) is 23.3 Å². The maximum absolute atomic E-state index is 14.6. The molecule has 1 saturated heterocycles. The van der Waals surface area contributed by atoms with Gasteiger partial charge in [0.15, 0.2) is 0 Å². The van der Waals surface area contributed by atoms with Crippen molar-refractivity contribution in [2.24, 2.45) is 5.92 Å². The van der Waals surface area contributed by atoms with E-state index in [9.17, 15) is 9.18 Å². The van der Waals surface area contributed by atoms with Crippen LogP contribution in [0.15, 0.2) is 16.9 Å². The zero-order valence-electron chi connectivity index (χ0n) is 17.1. The number of aromatic nitrogens is 2. The number of nitrogens with one attached hydrogen (secondary N) is 1. The molecule has 1 aliphatic heterocycles. The fraction of sp³-hybridized carbons (Fsp3) is 0.636. The molecule has 4 rings (SSSR count). The first-order valence-electron chi connectivity index (χ1n) is 10.5. The Morgan fingerprint density at radius 2 is 2.10 bits per heavy atom. The van der Waals surface area contributed by atoms with E-state index in [2.05, 4.69) is 23.8 Å². The summed E-state index contributed by atoms with van der Waals surface area (Å²) in [5, 5.41) is 0.614. The predicted octanol–water partition coefficient (Wildman–Crippen LogP) is 4.82. The minimum Gasteiger partial charge on any atom is -0.493 e. The minimum atomic E-state index is -0.597. The number of benzene rings is 1. The minimum absolute atomic E-state index is 0.00546. The predicted molar refractivity (Wildman–Crippen MR) is 114 cm³/mol. The van der Waals surface area contributed by atoms with Crippen LogP contribution < -0.4 is 10.3 Å². The summed E-state index contributed by atoms with van der Waals surface area (Å²) in [6, 6.07) is 2.94. The second kappa shape index (κ2) is 8.64. The summed E-state index contributed by atoms with van der Waals surface area (Å²) in [4.78, 5) is 19.7. The quantitative estimate of drug-likeness (QED) is 0.726. The number of thioether (sulfide) groups is 1. The number of hydrogen-bond acceptors (Lipinski definition) is 5. The Hall–Kier alpha value is -1.60. The molecule has 1 saturated carbocycles. The molecule has 1 aromatic heterocycles. The molecule has 5 nitrogen and oxygen atoms in total. The van der Waals surface area contributed by atoms with Gasteiger partial charge < -0.3 is 14.5 Å². The van der Waals surface area contributed by atoms with Crippen LogP contribution >= 0.6 is 11.8 Å². The summed E-state index contributed by atoms with van der Waals surface area (Å²) < 4.78 is 26.1. The van der Waals surface area contributed by atoms with Crippen molar-refractivity contribution in [2.75, 3.05) is 13.2 Å². The van der Waals surface area contributed by atoms with Crippen LogP contribution in [0.5, 0.6) is 5.75 Å². The van der Waals surface area contributed by atoms with Crippen LogP contribution in [-0.2, 0) is 10.5 Å². The Morgan fingerprint density at radius 1 is 1.31 bits per heavy atom. The first kappa shape index (κ1) is 20.7. The van der Waals surface area contributed by atoms with Gasteiger partial charge in [0.05, 0.1) is 30.1 Å². The van der Waals surface area contributed by atoms with E-state index < -0.39 is 11.4 Å². The van der Waals surface area contributed by atoms with E-state index in [0.29, 0.717) is 41.3 Å². The molecule has 1 atom stereocenters. The smallest absolute Gasteiger partial charge is 0.261 e. The Kier molecular flexibility index (Phi) is 6.16. The average Bonchev–Trinajstić information content (AvgIpc) is 3.04. The first-order chi connectivity index (χ1) is 13.9. The lowest BCUT2D eigenvalue weighted by Gasteiger charge is -2.20. The number of H-pyrrole nitrogens is 1. The highest BCUT2D eigenvalue weighted by molar-refractivity contribution is 7.99. The summed E-state index contributed by atoms with van der Waals surface area (Å²) in [6.45, 7) is 5.23. The van der Waals surface area contributed by atoms with Gasteiger partial charge in [-0.1, -0.05) is 19.3 Å². The summed E-state index contributed by atoms with van der Waals surface area (Å²) in [7, 11) is 0. The first-order valence-corrected chi connectivity index (χ1v) is 11.6. The molecule has 29 heavy (non-hydrogen) atoms. The largest absolute Gasteiger partial charge is 0.493 e. The van der Waals surface area contributed by atoms with Gasteiger partial charge in [0.25, 0.3) is 5.56 Å². The lowest BCUT2D eigenvalue weighted by Crippen LogP contribution is -2.18. The van der Waals surface area contributed by atoms with Crippen LogP contribution in [0.1, 0.15) is 58.2 Å². The zero-order chi connectivity index (χ0) is 20.4. The maximum atomic E-state index is 14.6. The zero-order valence-corrected chi connectivity index (χ0v) is 17.9. The molecule has 2 aliphatic rings. The maximum Gasteiger partial charge on any atom is 0.261 e. The van der Waals surface area contributed by atoms with Gasteiger partial charge in [-0.15, -0.1) is 0 Å². The lowest BCUT2D eigenvalue weighted by atomic mass is 9.99. The number of hydrogen-bond donors (Lipinski definition) is 1. The van der Waals surface area contributed by atoms with Crippen molar-refractivity contribution in [3.05, 3.63) is 34.1 Å². The summed E-state index contributed by atoms with van der Waals surface area (Å²) >= 11 is 1.83. The van der Waals surface area contributed by atoms with Crippen molar-refractivity contribution in [1.82, 2.24) is 9.97 Å². The highest BCUT2D eigenvalue weighted by Crippen LogP contribution is 2.31. The third kappa shape index (κ3) is 5.12. The standard InChI is InChI=1S/C22H29FN2O3S/c1-22(2)10-14(12-28-22)11-27-15-8-17(23)20-18(9-15)24-19(25-21(20)26)13-29-16-6-4-3-5-7-16/h8-9,14,16H,3-7,10-13H2,1-2H3,(H,24,25,26). The van der Waals surface area contributed by atoms with Crippen LogP contribution in [0.2, 0.25) is 0 Å². The molecule has 1 unspecified atom stereocenters. The van der Waals surface area contributed by atoms with Crippen molar-refractivity contribution in [2.45, 2.75) is 69.0 Å². The summed E-state index contributed by atoms with van der Waals surface area (Å²) in [5.74, 6) is 1.32. The normalized spacial score (nSPS) is 22.2. The molecule has 2 heterocycles. The van der Waals surface area contributed by atoms with Crippen LogP contribution in [0.25, 0.3) is 10.9 Å². The van der Waals surface area contributed by atoms with Gasteiger partial charge in [-0.25, -0.2) is 9.37 Å². The number of rotatable bonds is 6. The van der Waals surface area contributed by atoms with E-state index in [1.54, 1.807) is 6.07 Å². The van der Waals surface area contributed by atoms with E-state index in [4.69, 9.17) is 9.47 Å². The van der Waals surface area contributed by atoms with E-state index in [1.807, 2.05) is 11.8 Å². The van der Waals surface area contributed by atoms with Crippen molar-refractivity contribution < 1.29 is 13.9 Å². The second-order valence-corrected chi connectivity index (χ2v) is 10.1. The molecule has 1 N–H and O–H groups in total. The van der Waals surface area contributed by atoms with E-state index in [0.717, 1.165) is 6.42 Å². The molecular formula is C22H29FN2O3S. The summed E-state index contributed by atoms with van der Waals surface area (Å²) in [5.41, 5.74) is -0.210. The Morgan fingerprint density at radius 3 is 2.83 bits per heavy atom. The van der Waals surface area contributed by atoms with E-state index in [-0.39, 0.29) is 16.9 Å². The molecule has 0 spiro atoms.